The molecule has 0 aliphatic carbocycles. The van der Waals surface area contributed by atoms with E-state index in [0.29, 0.717) is 24.5 Å². The van der Waals surface area contributed by atoms with Gasteiger partial charge in [-0.05, 0) is 49.7 Å². The Balaban J connectivity index is 1.70. The summed E-state index contributed by atoms with van der Waals surface area (Å²) in [5.74, 6) is 0.127. The minimum Gasteiger partial charge on any atom is -0.494 e. The predicted octanol–water partition coefficient (Wildman–Crippen LogP) is 2.65. The van der Waals surface area contributed by atoms with Gasteiger partial charge in [0.25, 0.3) is 0 Å². The molecule has 0 aliphatic heterocycles. The Bertz CT molecular complexity index is 938. The molecule has 0 atom stereocenters. The monoisotopic (exact) mass is 418 g/mol. The Hall–Kier alpha value is -2.87. The van der Waals surface area contributed by atoms with E-state index in [1.165, 1.54) is 17.0 Å². The van der Waals surface area contributed by atoms with Crippen LogP contribution in [0.2, 0.25) is 0 Å². The number of nitrogens with one attached hydrogen (secondary N) is 1. The van der Waals surface area contributed by atoms with E-state index in [2.05, 4.69) is 5.32 Å². The normalized spacial score (nSPS) is 11.0. The first-order valence-electron chi connectivity index (χ1n) is 9.18. The molecule has 0 unspecified atom stereocenters. The summed E-state index contributed by atoms with van der Waals surface area (Å²) in [5.41, 5.74) is 1.79. The number of carbonyl (C=O) groups excluding carboxylic acids is 2. The molecule has 2 amide bonds. The quantitative estimate of drug-likeness (QED) is 0.632. The number of hydrogen-bond acceptors (Lipinski definition) is 5. The number of amides is 2. The second-order valence-electron chi connectivity index (χ2n) is 6.86. The molecule has 0 aromatic heterocycles. The molecule has 29 heavy (non-hydrogen) atoms. The van der Waals surface area contributed by atoms with E-state index in [1.807, 2.05) is 31.2 Å². The van der Waals surface area contributed by atoms with Gasteiger partial charge in [-0.25, -0.2) is 8.42 Å². The first kappa shape index (κ1) is 22.4. The number of carbonyl (C=O) groups is 2. The van der Waals surface area contributed by atoms with Gasteiger partial charge >= 0.3 is 0 Å². The summed E-state index contributed by atoms with van der Waals surface area (Å²) in [6, 6.07) is 13.6. The van der Waals surface area contributed by atoms with Crippen LogP contribution in [0.4, 0.5) is 5.69 Å². The number of sulfone groups is 1. The van der Waals surface area contributed by atoms with Crippen molar-refractivity contribution in [2.75, 3.05) is 31.8 Å². The van der Waals surface area contributed by atoms with Crippen molar-refractivity contribution in [1.29, 1.82) is 0 Å². The van der Waals surface area contributed by atoms with E-state index in [-0.39, 0.29) is 29.7 Å². The van der Waals surface area contributed by atoms with Crippen LogP contribution in [0.1, 0.15) is 18.4 Å². The highest BCUT2D eigenvalue weighted by Gasteiger charge is 2.13. The van der Waals surface area contributed by atoms with E-state index in [1.54, 1.807) is 19.2 Å². The highest BCUT2D eigenvalue weighted by Crippen LogP contribution is 2.16. The van der Waals surface area contributed by atoms with Gasteiger partial charge in [0.05, 0.1) is 18.0 Å². The second-order valence-corrected chi connectivity index (χ2v) is 8.88. The lowest BCUT2D eigenvalue weighted by Crippen LogP contribution is -2.34. The lowest BCUT2D eigenvalue weighted by molar-refractivity contribution is -0.133. The number of aryl methyl sites for hydroxylation is 1. The topological polar surface area (TPSA) is 92.8 Å². The Morgan fingerprint density at radius 3 is 2.24 bits per heavy atom. The van der Waals surface area contributed by atoms with Crippen LogP contribution in [-0.4, -0.2) is 51.6 Å². The summed E-state index contributed by atoms with van der Waals surface area (Å²) in [7, 11) is -1.65. The molecule has 2 aromatic rings. The molecule has 0 bridgehead atoms. The Kier molecular flexibility index (Phi) is 7.78. The summed E-state index contributed by atoms with van der Waals surface area (Å²) in [4.78, 5) is 25.8. The van der Waals surface area contributed by atoms with Gasteiger partial charge in [-0.2, -0.15) is 0 Å². The van der Waals surface area contributed by atoms with Gasteiger partial charge in [0.2, 0.25) is 11.8 Å². The van der Waals surface area contributed by atoms with Crippen LogP contribution >= 0.6 is 0 Å². The second kappa shape index (κ2) is 10.1. The van der Waals surface area contributed by atoms with Gasteiger partial charge in [-0.3, -0.25) is 9.59 Å². The predicted molar refractivity (Wildman–Crippen MR) is 112 cm³/mol. The standard InChI is InChI=1S/C21H26N2O5S/c1-16-6-8-17(9-7-16)22-20(24)15-23(2)21(25)5-4-14-28-18-10-12-19(13-11-18)29(3,26)27/h6-13H,4-5,14-15H2,1-3H3,(H,22,24). The molecule has 0 saturated heterocycles. The number of benzene rings is 2. The van der Waals surface area contributed by atoms with Crippen molar-refractivity contribution in [3.63, 3.8) is 0 Å². The van der Waals surface area contributed by atoms with Gasteiger partial charge in [-0.1, -0.05) is 17.7 Å². The van der Waals surface area contributed by atoms with E-state index in [9.17, 15) is 18.0 Å². The van der Waals surface area contributed by atoms with Crippen molar-refractivity contribution in [3.05, 3.63) is 54.1 Å². The van der Waals surface area contributed by atoms with Gasteiger partial charge in [0, 0.05) is 25.4 Å². The minimum atomic E-state index is -3.24. The SMILES string of the molecule is Cc1ccc(NC(=O)CN(C)C(=O)CCCOc2ccc(S(C)(=O)=O)cc2)cc1. The molecule has 7 nitrogen and oxygen atoms in total. The molecule has 1 N–H and O–H groups in total. The van der Waals surface area contributed by atoms with E-state index < -0.39 is 9.84 Å². The van der Waals surface area contributed by atoms with Crippen LogP contribution in [0, 0.1) is 6.92 Å². The first-order chi connectivity index (χ1) is 13.6. The lowest BCUT2D eigenvalue weighted by Gasteiger charge is -2.17. The fourth-order valence-electron chi connectivity index (χ4n) is 2.53. The molecule has 2 rings (SSSR count). The van der Waals surface area contributed by atoms with Crippen molar-refractivity contribution in [1.82, 2.24) is 4.90 Å². The average molecular weight is 419 g/mol. The fourth-order valence-corrected chi connectivity index (χ4v) is 3.16. The summed E-state index contributed by atoms with van der Waals surface area (Å²) in [6.07, 6.45) is 1.87. The van der Waals surface area contributed by atoms with Crippen LogP contribution in [-0.2, 0) is 19.4 Å². The van der Waals surface area contributed by atoms with Crippen molar-refractivity contribution in [3.8, 4) is 5.75 Å². The van der Waals surface area contributed by atoms with Crippen molar-refractivity contribution >= 4 is 27.3 Å². The number of ether oxygens (including phenoxy) is 1. The van der Waals surface area contributed by atoms with Crippen molar-refractivity contribution in [2.24, 2.45) is 0 Å². The van der Waals surface area contributed by atoms with Crippen molar-refractivity contribution < 1.29 is 22.7 Å². The third-order valence-corrected chi connectivity index (χ3v) is 5.33. The molecule has 0 radical (unpaired) electrons. The maximum absolute atomic E-state index is 12.2. The van der Waals surface area contributed by atoms with Gasteiger partial charge in [0.15, 0.2) is 9.84 Å². The summed E-state index contributed by atoms with van der Waals surface area (Å²) >= 11 is 0. The highest BCUT2D eigenvalue weighted by molar-refractivity contribution is 7.90. The third-order valence-electron chi connectivity index (χ3n) is 4.20. The van der Waals surface area contributed by atoms with Gasteiger partial charge in [0.1, 0.15) is 5.75 Å². The summed E-state index contributed by atoms with van der Waals surface area (Å²) in [5, 5.41) is 2.76. The Morgan fingerprint density at radius 2 is 1.66 bits per heavy atom. The van der Waals surface area contributed by atoms with E-state index in [4.69, 9.17) is 4.74 Å². The number of rotatable bonds is 9. The summed E-state index contributed by atoms with van der Waals surface area (Å²) in [6.45, 7) is 2.25. The number of nitrogens with zero attached hydrogens (tertiary/aromatic N) is 1. The molecule has 156 valence electrons. The van der Waals surface area contributed by atoms with E-state index in [0.717, 1.165) is 11.8 Å². The molecule has 0 fully saturated rings. The minimum absolute atomic E-state index is 0.0273. The van der Waals surface area contributed by atoms with Crippen LogP contribution in [0.3, 0.4) is 0 Å². The Morgan fingerprint density at radius 1 is 1.03 bits per heavy atom. The average Bonchev–Trinajstić information content (AvgIpc) is 2.66. The Labute approximate surface area is 171 Å². The molecular formula is C21H26N2O5S. The number of likely N-dealkylation sites (N-methyl/N-ethyl adjacent to an activating group) is 1. The largest absolute Gasteiger partial charge is 0.494 e. The zero-order chi connectivity index (χ0) is 21.4. The molecule has 8 heteroatoms. The van der Waals surface area contributed by atoms with E-state index >= 15 is 0 Å². The maximum atomic E-state index is 12.2. The molecule has 0 saturated carbocycles. The number of hydrogen-bond donors (Lipinski definition) is 1. The van der Waals surface area contributed by atoms with Crippen LogP contribution in [0.15, 0.2) is 53.4 Å². The zero-order valence-electron chi connectivity index (χ0n) is 16.8. The first-order valence-corrected chi connectivity index (χ1v) is 11.1. The summed E-state index contributed by atoms with van der Waals surface area (Å²) < 4.78 is 28.4. The van der Waals surface area contributed by atoms with Crippen molar-refractivity contribution in [2.45, 2.75) is 24.7 Å². The fraction of sp³-hybridized carbons (Fsp3) is 0.333. The number of anilines is 1. The molecular weight excluding hydrogens is 392 g/mol. The van der Waals surface area contributed by atoms with Gasteiger partial charge in [-0.15, -0.1) is 0 Å². The smallest absolute Gasteiger partial charge is 0.243 e. The highest BCUT2D eigenvalue weighted by atomic mass is 32.2. The molecule has 2 aromatic carbocycles. The maximum Gasteiger partial charge on any atom is 0.243 e. The van der Waals surface area contributed by atoms with Crippen LogP contribution in [0.5, 0.6) is 5.75 Å². The lowest BCUT2D eigenvalue weighted by atomic mass is 10.2. The molecule has 0 aliphatic rings. The van der Waals surface area contributed by atoms with Crippen LogP contribution in [0.25, 0.3) is 0 Å². The molecule has 0 heterocycles. The molecule has 0 spiro atoms. The zero-order valence-corrected chi connectivity index (χ0v) is 17.7. The van der Waals surface area contributed by atoms with Gasteiger partial charge < -0.3 is 15.0 Å². The third kappa shape index (κ3) is 7.57. The van der Waals surface area contributed by atoms with Crippen LogP contribution < -0.4 is 10.1 Å².